The number of hydrogen-bond acceptors (Lipinski definition) is 1. The van der Waals surface area contributed by atoms with Crippen LogP contribution in [0, 0.1) is 25.7 Å². The lowest BCUT2D eigenvalue weighted by atomic mass is 10.0. The van der Waals surface area contributed by atoms with Crippen LogP contribution in [-0.4, -0.2) is 5.11 Å². The van der Waals surface area contributed by atoms with Crippen LogP contribution in [0.4, 0.5) is 0 Å². The first kappa shape index (κ1) is 11.8. The van der Waals surface area contributed by atoms with Gasteiger partial charge in [0.2, 0.25) is 0 Å². The molecular weight excluding hydrogens is 184 g/mol. The van der Waals surface area contributed by atoms with Gasteiger partial charge in [-0.25, -0.2) is 0 Å². The van der Waals surface area contributed by atoms with Crippen LogP contribution >= 0.6 is 0 Å². The van der Waals surface area contributed by atoms with Crippen molar-refractivity contribution in [3.63, 3.8) is 0 Å². The van der Waals surface area contributed by atoms with Crippen LogP contribution in [0.1, 0.15) is 42.6 Å². The second-order valence-electron chi connectivity index (χ2n) is 3.90. The Morgan fingerprint density at radius 1 is 1.20 bits per heavy atom. The fourth-order valence-corrected chi connectivity index (χ4v) is 1.70. The molecule has 15 heavy (non-hydrogen) atoms. The molecular formula is C14H18O. The van der Waals surface area contributed by atoms with E-state index < -0.39 is 0 Å². The van der Waals surface area contributed by atoms with Gasteiger partial charge in [0.15, 0.2) is 0 Å². The van der Waals surface area contributed by atoms with Crippen LogP contribution in [0.15, 0.2) is 18.2 Å². The van der Waals surface area contributed by atoms with Gasteiger partial charge >= 0.3 is 0 Å². The Morgan fingerprint density at radius 3 is 2.33 bits per heavy atom. The van der Waals surface area contributed by atoms with E-state index in [1.807, 2.05) is 19.1 Å². The van der Waals surface area contributed by atoms with E-state index in [2.05, 4.69) is 31.8 Å². The van der Waals surface area contributed by atoms with E-state index in [0.29, 0.717) is 6.42 Å². The SMILES string of the molecule is CC#CCCC(O)c1cc(C)cc(C)c1. The number of rotatable bonds is 3. The minimum atomic E-state index is -0.385. The molecule has 0 saturated carbocycles. The van der Waals surface area contributed by atoms with E-state index in [1.165, 1.54) is 11.1 Å². The van der Waals surface area contributed by atoms with E-state index in [-0.39, 0.29) is 6.10 Å². The highest BCUT2D eigenvalue weighted by Gasteiger charge is 2.07. The standard InChI is InChI=1S/C14H18O/c1-4-5-6-7-14(15)13-9-11(2)8-12(3)10-13/h8-10,14-15H,6-7H2,1-3H3. The van der Waals surface area contributed by atoms with Crippen molar-refractivity contribution < 1.29 is 5.11 Å². The van der Waals surface area contributed by atoms with Crippen molar-refractivity contribution in [2.45, 2.75) is 39.7 Å². The number of aliphatic hydroxyl groups is 1. The van der Waals surface area contributed by atoms with Gasteiger partial charge in [0.25, 0.3) is 0 Å². The van der Waals surface area contributed by atoms with Crippen LogP contribution in [0.5, 0.6) is 0 Å². The minimum absolute atomic E-state index is 0.385. The Morgan fingerprint density at radius 2 is 1.80 bits per heavy atom. The van der Waals surface area contributed by atoms with E-state index >= 15 is 0 Å². The summed E-state index contributed by atoms with van der Waals surface area (Å²) in [5.41, 5.74) is 3.40. The van der Waals surface area contributed by atoms with Crippen molar-refractivity contribution in [2.24, 2.45) is 0 Å². The van der Waals surface area contributed by atoms with Gasteiger partial charge in [-0.05, 0) is 32.8 Å². The smallest absolute Gasteiger partial charge is 0.0799 e. The van der Waals surface area contributed by atoms with Crippen molar-refractivity contribution in [2.75, 3.05) is 0 Å². The number of aryl methyl sites for hydroxylation is 2. The highest BCUT2D eigenvalue weighted by Crippen LogP contribution is 2.20. The van der Waals surface area contributed by atoms with Gasteiger partial charge in [-0.1, -0.05) is 29.3 Å². The minimum Gasteiger partial charge on any atom is -0.388 e. The molecule has 0 fully saturated rings. The summed E-state index contributed by atoms with van der Waals surface area (Å²) >= 11 is 0. The molecule has 1 unspecified atom stereocenters. The molecule has 1 rings (SSSR count). The first-order chi connectivity index (χ1) is 7.13. The molecule has 0 spiro atoms. The molecule has 0 aliphatic carbocycles. The van der Waals surface area contributed by atoms with Crippen molar-refractivity contribution >= 4 is 0 Å². The highest BCUT2D eigenvalue weighted by molar-refractivity contribution is 5.29. The zero-order chi connectivity index (χ0) is 11.3. The van der Waals surface area contributed by atoms with Crippen LogP contribution in [-0.2, 0) is 0 Å². The average Bonchev–Trinajstić information content (AvgIpc) is 2.16. The normalized spacial score (nSPS) is 11.7. The summed E-state index contributed by atoms with van der Waals surface area (Å²) in [5, 5.41) is 9.93. The molecule has 0 bridgehead atoms. The number of aliphatic hydroxyl groups excluding tert-OH is 1. The third-order valence-electron chi connectivity index (χ3n) is 2.35. The van der Waals surface area contributed by atoms with Crippen molar-refractivity contribution in [1.82, 2.24) is 0 Å². The lowest BCUT2D eigenvalue weighted by molar-refractivity contribution is 0.169. The van der Waals surface area contributed by atoms with E-state index in [0.717, 1.165) is 12.0 Å². The van der Waals surface area contributed by atoms with Crippen molar-refractivity contribution in [1.29, 1.82) is 0 Å². The predicted octanol–water partition coefficient (Wildman–Crippen LogP) is 3.14. The lowest BCUT2D eigenvalue weighted by Gasteiger charge is -2.11. The zero-order valence-electron chi connectivity index (χ0n) is 9.67. The molecule has 1 N–H and O–H groups in total. The lowest BCUT2D eigenvalue weighted by Crippen LogP contribution is -1.98. The maximum Gasteiger partial charge on any atom is 0.0799 e. The Hall–Kier alpha value is -1.26. The molecule has 0 amide bonds. The Labute approximate surface area is 92.1 Å². The van der Waals surface area contributed by atoms with E-state index in [4.69, 9.17) is 0 Å². The fraction of sp³-hybridized carbons (Fsp3) is 0.429. The molecule has 0 aliphatic rings. The number of hydrogen-bond donors (Lipinski definition) is 1. The quantitative estimate of drug-likeness (QED) is 0.746. The number of benzene rings is 1. The average molecular weight is 202 g/mol. The molecule has 0 aromatic heterocycles. The third kappa shape index (κ3) is 3.77. The first-order valence-electron chi connectivity index (χ1n) is 5.29. The summed E-state index contributed by atoms with van der Waals surface area (Å²) in [6, 6.07) is 6.19. The van der Waals surface area contributed by atoms with E-state index in [9.17, 15) is 5.11 Å². The summed E-state index contributed by atoms with van der Waals surface area (Å²) < 4.78 is 0. The molecule has 1 aromatic carbocycles. The second kappa shape index (κ2) is 5.58. The molecule has 80 valence electrons. The largest absolute Gasteiger partial charge is 0.388 e. The molecule has 1 atom stereocenters. The maximum absolute atomic E-state index is 9.93. The van der Waals surface area contributed by atoms with Crippen molar-refractivity contribution in [3.05, 3.63) is 34.9 Å². The highest BCUT2D eigenvalue weighted by atomic mass is 16.3. The maximum atomic E-state index is 9.93. The van der Waals surface area contributed by atoms with Gasteiger partial charge < -0.3 is 5.11 Å². The molecule has 1 heteroatoms. The fourth-order valence-electron chi connectivity index (χ4n) is 1.70. The van der Waals surface area contributed by atoms with Crippen LogP contribution in [0.25, 0.3) is 0 Å². The third-order valence-corrected chi connectivity index (χ3v) is 2.35. The predicted molar refractivity (Wildman–Crippen MR) is 63.6 cm³/mol. The second-order valence-corrected chi connectivity index (χ2v) is 3.90. The molecule has 0 saturated heterocycles. The van der Waals surface area contributed by atoms with Gasteiger partial charge in [0.1, 0.15) is 0 Å². The van der Waals surface area contributed by atoms with Crippen molar-refractivity contribution in [3.8, 4) is 11.8 Å². The summed E-state index contributed by atoms with van der Waals surface area (Å²) in [4.78, 5) is 0. The van der Waals surface area contributed by atoms with Crippen LogP contribution < -0.4 is 0 Å². The summed E-state index contributed by atoms with van der Waals surface area (Å²) in [5.74, 6) is 5.80. The molecule has 0 radical (unpaired) electrons. The summed E-state index contributed by atoms with van der Waals surface area (Å²) in [7, 11) is 0. The Kier molecular flexibility index (Phi) is 4.39. The van der Waals surface area contributed by atoms with Gasteiger partial charge in [-0.2, -0.15) is 0 Å². The van der Waals surface area contributed by atoms with Gasteiger partial charge in [0, 0.05) is 6.42 Å². The van der Waals surface area contributed by atoms with E-state index in [1.54, 1.807) is 0 Å². The summed E-state index contributed by atoms with van der Waals surface area (Å²) in [6.45, 7) is 5.92. The monoisotopic (exact) mass is 202 g/mol. The zero-order valence-corrected chi connectivity index (χ0v) is 9.67. The molecule has 1 nitrogen and oxygen atoms in total. The van der Waals surface area contributed by atoms with Crippen LogP contribution in [0.2, 0.25) is 0 Å². The molecule has 0 aliphatic heterocycles. The van der Waals surface area contributed by atoms with Gasteiger partial charge in [-0.15, -0.1) is 11.8 Å². The Balaban J connectivity index is 2.71. The molecule has 1 aromatic rings. The van der Waals surface area contributed by atoms with Gasteiger partial charge in [-0.3, -0.25) is 0 Å². The van der Waals surface area contributed by atoms with Crippen LogP contribution in [0.3, 0.4) is 0 Å². The van der Waals surface area contributed by atoms with Gasteiger partial charge in [0.05, 0.1) is 6.10 Å². The Bertz CT molecular complexity index is 362. The molecule has 0 heterocycles. The summed E-state index contributed by atoms with van der Waals surface area (Å²) in [6.07, 6.45) is 1.08. The topological polar surface area (TPSA) is 20.2 Å². The first-order valence-corrected chi connectivity index (χ1v) is 5.29.